The summed E-state index contributed by atoms with van der Waals surface area (Å²) in [5.74, 6) is -0.977. The van der Waals surface area contributed by atoms with Crippen LogP contribution in [0.25, 0.3) is 0 Å². The van der Waals surface area contributed by atoms with E-state index in [-0.39, 0.29) is 18.1 Å². The molecular formula is C33H42O5. The molecule has 38 heavy (non-hydrogen) atoms. The summed E-state index contributed by atoms with van der Waals surface area (Å²) in [6, 6.07) is 8.74. The molecule has 0 aromatic heterocycles. The minimum atomic E-state index is -1.88. The average molecular weight is 519 g/mol. The van der Waals surface area contributed by atoms with E-state index < -0.39 is 39.5 Å². The SMILES string of the molecule is CC(C)=CC[C@@H]1C[C@]2(CC=C(C)C)C(=O)[C@](C(=O)c3ccccc3)(C(=O)C3=C2O[C@@H](C(C)(C)O)C3)C1(C)C. The molecule has 4 atom stereocenters. The molecule has 2 aliphatic carbocycles. The van der Waals surface area contributed by atoms with Crippen LogP contribution in [0.2, 0.25) is 0 Å². The molecule has 5 nitrogen and oxygen atoms in total. The number of hydrogen-bond donors (Lipinski definition) is 1. The zero-order chi connectivity index (χ0) is 28.3. The number of ketones is 3. The minimum Gasteiger partial charge on any atom is -0.490 e. The summed E-state index contributed by atoms with van der Waals surface area (Å²) >= 11 is 0. The number of fused-ring (bicyclic) bond motifs is 3. The first-order chi connectivity index (χ1) is 17.6. The number of ether oxygens (including phenoxy) is 1. The highest BCUT2D eigenvalue weighted by Crippen LogP contribution is 2.67. The van der Waals surface area contributed by atoms with E-state index in [9.17, 15) is 14.7 Å². The number of carbonyl (C=O) groups excluding carboxylic acids is 3. The third-order valence-corrected chi connectivity index (χ3v) is 9.16. The number of hydrogen-bond acceptors (Lipinski definition) is 5. The Morgan fingerprint density at radius 1 is 1.05 bits per heavy atom. The first-order valence-electron chi connectivity index (χ1n) is 13.7. The molecule has 5 heteroatoms. The summed E-state index contributed by atoms with van der Waals surface area (Å²) in [5, 5.41) is 10.9. The van der Waals surface area contributed by atoms with Gasteiger partial charge in [-0.2, -0.15) is 0 Å². The van der Waals surface area contributed by atoms with E-state index in [0.717, 1.165) is 11.1 Å². The monoisotopic (exact) mass is 518 g/mol. The highest BCUT2D eigenvalue weighted by Gasteiger charge is 2.76. The van der Waals surface area contributed by atoms with Gasteiger partial charge in [0.25, 0.3) is 0 Å². The van der Waals surface area contributed by atoms with Crippen molar-refractivity contribution in [1.29, 1.82) is 0 Å². The van der Waals surface area contributed by atoms with Crippen LogP contribution in [-0.2, 0) is 14.3 Å². The summed E-state index contributed by atoms with van der Waals surface area (Å²) in [6.45, 7) is 15.2. The van der Waals surface area contributed by atoms with Crippen molar-refractivity contribution in [2.75, 3.05) is 0 Å². The van der Waals surface area contributed by atoms with Gasteiger partial charge in [-0.05, 0) is 72.1 Å². The van der Waals surface area contributed by atoms with Gasteiger partial charge in [0, 0.05) is 17.6 Å². The second kappa shape index (κ2) is 9.44. The number of allylic oxidation sites excluding steroid dienone is 5. The van der Waals surface area contributed by atoms with Crippen LogP contribution >= 0.6 is 0 Å². The summed E-state index contributed by atoms with van der Waals surface area (Å²) in [7, 11) is 0. The van der Waals surface area contributed by atoms with Crippen LogP contribution in [0.15, 0.2) is 65.0 Å². The van der Waals surface area contributed by atoms with Crippen LogP contribution in [0.5, 0.6) is 0 Å². The zero-order valence-corrected chi connectivity index (χ0v) is 24.1. The molecule has 1 aromatic carbocycles. The molecule has 1 saturated carbocycles. The number of benzene rings is 1. The van der Waals surface area contributed by atoms with E-state index in [0.29, 0.717) is 36.2 Å². The third-order valence-electron chi connectivity index (χ3n) is 9.16. The molecule has 0 saturated heterocycles. The zero-order valence-electron chi connectivity index (χ0n) is 24.1. The Kier molecular flexibility index (Phi) is 7.01. The van der Waals surface area contributed by atoms with Crippen molar-refractivity contribution in [3.8, 4) is 0 Å². The topological polar surface area (TPSA) is 80.7 Å². The molecule has 1 aromatic rings. The molecular weight excluding hydrogens is 476 g/mol. The van der Waals surface area contributed by atoms with Crippen LogP contribution in [-0.4, -0.2) is 34.2 Å². The first kappa shape index (κ1) is 28.2. The Morgan fingerprint density at radius 3 is 2.21 bits per heavy atom. The molecule has 2 bridgehead atoms. The minimum absolute atomic E-state index is 0.129. The van der Waals surface area contributed by atoms with E-state index in [2.05, 4.69) is 6.08 Å². The summed E-state index contributed by atoms with van der Waals surface area (Å²) in [6.07, 6.45) is 5.14. The second-order valence-corrected chi connectivity index (χ2v) is 13.1. The fraction of sp³-hybridized carbons (Fsp3) is 0.545. The normalized spacial score (nSPS) is 29.9. The quantitative estimate of drug-likeness (QED) is 0.251. The highest BCUT2D eigenvalue weighted by molar-refractivity contribution is 6.36. The van der Waals surface area contributed by atoms with Crippen molar-refractivity contribution < 1.29 is 24.2 Å². The summed E-state index contributed by atoms with van der Waals surface area (Å²) in [4.78, 5) is 44.4. The number of Topliss-reactive ketones (excluding diaryl/α,β-unsaturated/α-hetero) is 3. The fourth-order valence-corrected chi connectivity index (χ4v) is 6.78. The van der Waals surface area contributed by atoms with E-state index in [1.807, 2.05) is 53.7 Å². The lowest BCUT2D eigenvalue weighted by molar-refractivity contribution is -0.166. The molecule has 4 rings (SSSR count). The van der Waals surface area contributed by atoms with Gasteiger partial charge < -0.3 is 9.84 Å². The molecule has 0 radical (unpaired) electrons. The van der Waals surface area contributed by atoms with E-state index >= 15 is 4.79 Å². The van der Waals surface area contributed by atoms with E-state index in [1.165, 1.54) is 0 Å². The Hall–Kier alpha value is -2.79. The summed E-state index contributed by atoms with van der Waals surface area (Å²) < 4.78 is 6.40. The standard InChI is InChI=1S/C33H42O5/c1-20(2)14-15-23-19-32(17-16-21(3)4)28-24(18-25(38-28)31(7,8)37)27(35)33(29(32)36,30(23,5)6)26(34)22-12-10-9-11-13-22/h9-14,16,23,25,37H,15,17-19H2,1-8H3/t23-,25-,32+,33+/m1/s1. The van der Waals surface area contributed by atoms with Crippen molar-refractivity contribution in [3.05, 3.63) is 70.5 Å². The molecule has 1 N–H and O–H groups in total. The van der Waals surface area contributed by atoms with Gasteiger partial charge in [-0.25, -0.2) is 0 Å². The molecule has 204 valence electrons. The van der Waals surface area contributed by atoms with Crippen LogP contribution in [0, 0.1) is 22.2 Å². The Bertz CT molecular complexity index is 1250. The van der Waals surface area contributed by atoms with Gasteiger partial charge in [-0.3, -0.25) is 14.4 Å². The predicted octanol–water partition coefficient (Wildman–Crippen LogP) is 6.57. The van der Waals surface area contributed by atoms with Crippen LogP contribution < -0.4 is 0 Å². The average Bonchev–Trinajstić information content (AvgIpc) is 3.30. The molecule has 0 amide bonds. The molecule has 0 spiro atoms. The first-order valence-corrected chi connectivity index (χ1v) is 13.7. The van der Waals surface area contributed by atoms with E-state index in [1.54, 1.807) is 38.1 Å². The Balaban J connectivity index is 2.06. The largest absolute Gasteiger partial charge is 0.490 e. The van der Waals surface area contributed by atoms with Gasteiger partial charge >= 0.3 is 0 Å². The van der Waals surface area contributed by atoms with Crippen molar-refractivity contribution in [2.24, 2.45) is 22.2 Å². The lowest BCUT2D eigenvalue weighted by atomic mass is 9.39. The molecule has 1 fully saturated rings. The molecule has 3 aliphatic rings. The van der Waals surface area contributed by atoms with Gasteiger partial charge in [0.2, 0.25) is 0 Å². The Labute approximate surface area is 227 Å². The van der Waals surface area contributed by atoms with Gasteiger partial charge in [0.15, 0.2) is 22.8 Å². The maximum atomic E-state index is 15.0. The molecule has 1 aliphatic heterocycles. The predicted molar refractivity (Wildman–Crippen MR) is 148 cm³/mol. The van der Waals surface area contributed by atoms with Crippen LogP contribution in [0.1, 0.15) is 91.4 Å². The van der Waals surface area contributed by atoms with Gasteiger partial charge in [-0.1, -0.05) is 67.5 Å². The molecule has 1 heterocycles. The highest BCUT2D eigenvalue weighted by atomic mass is 16.5. The second-order valence-electron chi connectivity index (χ2n) is 13.1. The van der Waals surface area contributed by atoms with Gasteiger partial charge in [-0.15, -0.1) is 0 Å². The van der Waals surface area contributed by atoms with E-state index in [4.69, 9.17) is 4.74 Å². The summed E-state index contributed by atoms with van der Waals surface area (Å²) in [5.41, 5.74) is -2.23. The van der Waals surface area contributed by atoms with Crippen molar-refractivity contribution >= 4 is 17.3 Å². The van der Waals surface area contributed by atoms with Gasteiger partial charge in [0.1, 0.15) is 11.9 Å². The number of rotatable bonds is 7. The van der Waals surface area contributed by atoms with Crippen LogP contribution in [0.3, 0.4) is 0 Å². The lowest BCUT2D eigenvalue weighted by Crippen LogP contribution is -2.69. The fourth-order valence-electron chi connectivity index (χ4n) is 6.78. The van der Waals surface area contributed by atoms with Gasteiger partial charge in [0.05, 0.1) is 11.0 Å². The Morgan fingerprint density at radius 2 is 1.66 bits per heavy atom. The maximum Gasteiger partial charge on any atom is 0.184 e. The van der Waals surface area contributed by atoms with Crippen LogP contribution in [0.4, 0.5) is 0 Å². The lowest BCUT2D eigenvalue weighted by Gasteiger charge is -2.59. The third kappa shape index (κ3) is 4.05. The number of carbonyl (C=O) groups is 3. The van der Waals surface area contributed by atoms with Crippen molar-refractivity contribution in [2.45, 2.75) is 92.8 Å². The van der Waals surface area contributed by atoms with Crippen molar-refractivity contribution in [1.82, 2.24) is 0 Å². The number of aliphatic hydroxyl groups is 1. The maximum absolute atomic E-state index is 15.0. The molecule has 0 unspecified atom stereocenters. The smallest absolute Gasteiger partial charge is 0.184 e. The van der Waals surface area contributed by atoms with Crippen molar-refractivity contribution in [3.63, 3.8) is 0 Å².